The monoisotopic (exact) mass is 420 g/mol. The fourth-order valence-corrected chi connectivity index (χ4v) is 3.64. The summed E-state index contributed by atoms with van der Waals surface area (Å²) >= 11 is 0. The summed E-state index contributed by atoms with van der Waals surface area (Å²) in [5, 5.41) is 15.2. The van der Waals surface area contributed by atoms with Crippen LogP contribution in [-0.2, 0) is 11.2 Å². The maximum absolute atomic E-state index is 12.5. The number of nitro benzene ring substituents is 1. The number of nitrogens with one attached hydrogen (secondary N) is 1. The van der Waals surface area contributed by atoms with Gasteiger partial charge in [0.25, 0.3) is 5.69 Å². The SMILES string of the molecule is Cc1oc2cc3oc(=O)c(CCC(=O)Nc4ccc([N+](=O)[O-])cc4)c(C)c3cc2c1C. The quantitative estimate of drug-likeness (QED) is 0.278. The fraction of sp³-hybridized carbons (Fsp3) is 0.217. The molecule has 0 saturated heterocycles. The molecular weight excluding hydrogens is 400 g/mol. The predicted octanol–water partition coefficient (Wildman–Crippen LogP) is 4.94. The number of rotatable bonds is 5. The number of benzene rings is 2. The van der Waals surface area contributed by atoms with Crippen LogP contribution in [0.1, 0.15) is 28.9 Å². The van der Waals surface area contributed by atoms with Gasteiger partial charge in [-0.15, -0.1) is 0 Å². The average Bonchev–Trinajstić information content (AvgIpc) is 3.00. The Morgan fingerprint density at radius 3 is 2.32 bits per heavy atom. The molecule has 31 heavy (non-hydrogen) atoms. The molecule has 0 atom stereocenters. The molecule has 0 unspecified atom stereocenters. The van der Waals surface area contributed by atoms with Gasteiger partial charge in [-0.2, -0.15) is 0 Å². The van der Waals surface area contributed by atoms with Crippen molar-refractivity contribution in [1.29, 1.82) is 0 Å². The van der Waals surface area contributed by atoms with E-state index in [1.807, 2.05) is 26.8 Å². The van der Waals surface area contributed by atoms with Gasteiger partial charge in [0.2, 0.25) is 5.91 Å². The van der Waals surface area contributed by atoms with E-state index in [1.54, 1.807) is 6.07 Å². The lowest BCUT2D eigenvalue weighted by Gasteiger charge is -2.09. The van der Waals surface area contributed by atoms with Gasteiger partial charge < -0.3 is 14.2 Å². The van der Waals surface area contributed by atoms with Gasteiger partial charge in [0.15, 0.2) is 0 Å². The second-order valence-electron chi connectivity index (χ2n) is 7.47. The Hall–Kier alpha value is -3.94. The van der Waals surface area contributed by atoms with Crippen LogP contribution in [0.15, 0.2) is 50.0 Å². The molecule has 0 aliphatic rings. The summed E-state index contributed by atoms with van der Waals surface area (Å²) in [6.07, 6.45) is 0.282. The van der Waals surface area contributed by atoms with Gasteiger partial charge in [-0.3, -0.25) is 14.9 Å². The first kappa shape index (κ1) is 20.3. The molecule has 4 rings (SSSR count). The predicted molar refractivity (Wildman–Crippen MR) is 117 cm³/mol. The van der Waals surface area contributed by atoms with Gasteiger partial charge in [-0.1, -0.05) is 0 Å². The number of carbonyl (C=O) groups is 1. The number of furan rings is 1. The molecule has 2 aromatic heterocycles. The van der Waals surface area contributed by atoms with Crippen LogP contribution in [0.5, 0.6) is 0 Å². The van der Waals surface area contributed by atoms with E-state index in [2.05, 4.69) is 5.32 Å². The fourth-order valence-electron chi connectivity index (χ4n) is 3.64. The topological polar surface area (TPSA) is 116 Å². The standard InChI is InChI=1S/C23H20N2O6/c1-12-14(3)30-20-11-21-19(10-18(12)20)13(2)17(23(27)31-21)8-9-22(26)24-15-4-6-16(7-5-15)25(28)29/h4-7,10-11H,8-9H2,1-3H3,(H,24,26). The zero-order chi connectivity index (χ0) is 22.3. The Bertz CT molecular complexity index is 1400. The number of anilines is 1. The van der Waals surface area contributed by atoms with E-state index in [9.17, 15) is 19.7 Å². The van der Waals surface area contributed by atoms with Crippen molar-refractivity contribution >= 4 is 39.2 Å². The third kappa shape index (κ3) is 3.79. The Morgan fingerprint density at radius 2 is 1.65 bits per heavy atom. The van der Waals surface area contributed by atoms with E-state index in [0.717, 1.165) is 27.7 Å². The normalized spacial score (nSPS) is 11.2. The van der Waals surface area contributed by atoms with Crippen molar-refractivity contribution in [2.75, 3.05) is 5.32 Å². The van der Waals surface area contributed by atoms with Crippen LogP contribution in [0.4, 0.5) is 11.4 Å². The zero-order valence-corrected chi connectivity index (χ0v) is 17.3. The molecule has 0 radical (unpaired) electrons. The first-order valence-electron chi connectivity index (χ1n) is 9.75. The highest BCUT2D eigenvalue weighted by atomic mass is 16.6. The average molecular weight is 420 g/mol. The van der Waals surface area contributed by atoms with Crippen LogP contribution in [0.2, 0.25) is 0 Å². The summed E-state index contributed by atoms with van der Waals surface area (Å²) < 4.78 is 11.2. The van der Waals surface area contributed by atoms with E-state index in [0.29, 0.717) is 22.4 Å². The minimum Gasteiger partial charge on any atom is -0.461 e. The molecule has 0 fully saturated rings. The molecule has 1 amide bonds. The number of nitrogens with zero attached hydrogens (tertiary/aromatic N) is 1. The first-order valence-corrected chi connectivity index (χ1v) is 9.75. The van der Waals surface area contributed by atoms with Gasteiger partial charge in [0, 0.05) is 46.6 Å². The summed E-state index contributed by atoms with van der Waals surface area (Å²) in [6.45, 7) is 5.71. The number of hydrogen-bond acceptors (Lipinski definition) is 6. The summed E-state index contributed by atoms with van der Waals surface area (Å²) in [5.74, 6) is 0.512. The van der Waals surface area contributed by atoms with Gasteiger partial charge in [-0.25, -0.2) is 4.79 Å². The summed E-state index contributed by atoms with van der Waals surface area (Å²) in [6, 6.07) is 9.24. The zero-order valence-electron chi connectivity index (χ0n) is 17.3. The van der Waals surface area contributed by atoms with Gasteiger partial charge in [-0.05, 0) is 56.5 Å². The second-order valence-corrected chi connectivity index (χ2v) is 7.47. The highest BCUT2D eigenvalue weighted by Crippen LogP contribution is 2.31. The largest absolute Gasteiger partial charge is 0.461 e. The van der Waals surface area contributed by atoms with Crippen LogP contribution in [0, 0.1) is 30.9 Å². The number of non-ortho nitro benzene ring substituents is 1. The molecule has 0 bridgehead atoms. The lowest BCUT2D eigenvalue weighted by atomic mass is 10.0. The molecule has 158 valence electrons. The lowest BCUT2D eigenvalue weighted by Crippen LogP contribution is -2.16. The Morgan fingerprint density at radius 1 is 1.00 bits per heavy atom. The molecular formula is C23H20N2O6. The highest BCUT2D eigenvalue weighted by molar-refractivity contribution is 5.97. The van der Waals surface area contributed by atoms with E-state index >= 15 is 0 Å². The Balaban J connectivity index is 1.56. The van der Waals surface area contributed by atoms with Crippen molar-refractivity contribution in [1.82, 2.24) is 0 Å². The molecule has 2 heterocycles. The molecule has 8 nitrogen and oxygen atoms in total. The van der Waals surface area contributed by atoms with Crippen molar-refractivity contribution < 1.29 is 18.6 Å². The molecule has 4 aromatic rings. The minimum absolute atomic E-state index is 0.0560. The molecule has 0 spiro atoms. The smallest absolute Gasteiger partial charge is 0.339 e. The van der Waals surface area contributed by atoms with Crippen molar-refractivity contribution in [3.63, 3.8) is 0 Å². The van der Waals surface area contributed by atoms with Crippen LogP contribution in [0.3, 0.4) is 0 Å². The first-order chi connectivity index (χ1) is 14.7. The number of nitro groups is 1. The third-order valence-electron chi connectivity index (χ3n) is 5.55. The number of amides is 1. The second kappa shape index (κ2) is 7.71. The van der Waals surface area contributed by atoms with E-state index in [1.165, 1.54) is 24.3 Å². The van der Waals surface area contributed by atoms with Crippen LogP contribution < -0.4 is 10.9 Å². The Kier molecular flexibility index (Phi) is 5.06. The lowest BCUT2D eigenvalue weighted by molar-refractivity contribution is -0.384. The maximum Gasteiger partial charge on any atom is 0.339 e. The van der Waals surface area contributed by atoms with Gasteiger partial charge in [0.1, 0.15) is 16.9 Å². The molecule has 0 aliphatic carbocycles. The number of fused-ring (bicyclic) bond motifs is 2. The number of aryl methyl sites for hydroxylation is 3. The summed E-state index contributed by atoms with van der Waals surface area (Å²) in [5.41, 5.74) is 3.28. The highest BCUT2D eigenvalue weighted by Gasteiger charge is 2.16. The maximum atomic E-state index is 12.5. The van der Waals surface area contributed by atoms with E-state index in [-0.39, 0.29) is 24.4 Å². The van der Waals surface area contributed by atoms with Crippen molar-refractivity contribution in [3.05, 3.63) is 79.4 Å². The molecule has 2 aromatic carbocycles. The number of hydrogen-bond donors (Lipinski definition) is 1. The van der Waals surface area contributed by atoms with E-state index in [4.69, 9.17) is 8.83 Å². The van der Waals surface area contributed by atoms with Crippen LogP contribution >= 0.6 is 0 Å². The summed E-state index contributed by atoms with van der Waals surface area (Å²) in [7, 11) is 0. The molecule has 1 N–H and O–H groups in total. The van der Waals surface area contributed by atoms with Crippen molar-refractivity contribution in [3.8, 4) is 0 Å². The molecule has 8 heteroatoms. The molecule has 0 aliphatic heterocycles. The van der Waals surface area contributed by atoms with Gasteiger partial charge >= 0.3 is 5.63 Å². The van der Waals surface area contributed by atoms with Gasteiger partial charge in [0.05, 0.1) is 4.92 Å². The van der Waals surface area contributed by atoms with Crippen molar-refractivity contribution in [2.45, 2.75) is 33.6 Å². The third-order valence-corrected chi connectivity index (χ3v) is 5.55. The van der Waals surface area contributed by atoms with Crippen molar-refractivity contribution in [2.24, 2.45) is 0 Å². The Labute approximate surface area is 176 Å². The number of carbonyl (C=O) groups excluding carboxylic acids is 1. The molecule has 0 saturated carbocycles. The summed E-state index contributed by atoms with van der Waals surface area (Å²) in [4.78, 5) is 35.1. The minimum atomic E-state index is -0.506. The van der Waals surface area contributed by atoms with Crippen LogP contribution in [0.25, 0.3) is 21.9 Å². The van der Waals surface area contributed by atoms with Crippen LogP contribution in [-0.4, -0.2) is 10.8 Å². The van der Waals surface area contributed by atoms with E-state index < -0.39 is 10.5 Å².